The van der Waals surface area contributed by atoms with Crippen LogP contribution >= 0.6 is 0 Å². The first kappa shape index (κ1) is 15.8. The molecule has 7 heteroatoms. The van der Waals surface area contributed by atoms with Gasteiger partial charge in [0.1, 0.15) is 17.8 Å². The van der Waals surface area contributed by atoms with Crippen LogP contribution in [0.1, 0.15) is 36.2 Å². The van der Waals surface area contributed by atoms with Crippen LogP contribution in [0.25, 0.3) is 5.69 Å². The number of para-hydroxylation sites is 1. The van der Waals surface area contributed by atoms with Crippen molar-refractivity contribution in [3.63, 3.8) is 0 Å². The number of nitrogens with zero attached hydrogens (tertiary/aromatic N) is 4. The molecule has 1 atom stereocenters. The number of rotatable bonds is 4. The summed E-state index contributed by atoms with van der Waals surface area (Å²) in [7, 11) is 0. The van der Waals surface area contributed by atoms with Crippen molar-refractivity contribution in [1.82, 2.24) is 24.6 Å². The Kier molecular flexibility index (Phi) is 4.23. The van der Waals surface area contributed by atoms with Crippen LogP contribution < -0.4 is 11.0 Å². The van der Waals surface area contributed by atoms with Gasteiger partial charge in [-0.2, -0.15) is 5.10 Å². The van der Waals surface area contributed by atoms with Gasteiger partial charge >= 0.3 is 5.69 Å². The Balaban J connectivity index is 1.78. The maximum atomic E-state index is 13.0. The van der Waals surface area contributed by atoms with Crippen molar-refractivity contribution in [2.75, 3.05) is 13.1 Å². The number of benzene rings is 1. The highest BCUT2D eigenvalue weighted by molar-refractivity contribution is 5.33. The van der Waals surface area contributed by atoms with E-state index in [0.29, 0.717) is 18.1 Å². The Bertz CT molecular complexity index is 903. The van der Waals surface area contributed by atoms with Gasteiger partial charge in [0.15, 0.2) is 5.89 Å². The first-order valence-electron chi connectivity index (χ1n) is 8.59. The van der Waals surface area contributed by atoms with Gasteiger partial charge in [-0.15, -0.1) is 0 Å². The van der Waals surface area contributed by atoms with E-state index in [0.717, 1.165) is 37.4 Å². The topological polar surface area (TPSA) is 77.9 Å². The molecule has 1 unspecified atom stereocenters. The molecule has 4 rings (SSSR count). The van der Waals surface area contributed by atoms with Crippen LogP contribution in [0.3, 0.4) is 0 Å². The SMILES string of the molecule is Cc1nc(Cn2nc(C3CCCNC3)n(-c3ccccc3)c2=O)co1. The molecule has 25 heavy (non-hydrogen) atoms. The molecule has 3 heterocycles. The number of hydrogen-bond donors (Lipinski definition) is 1. The fraction of sp³-hybridized carbons (Fsp3) is 0.389. The molecule has 0 bridgehead atoms. The van der Waals surface area contributed by atoms with E-state index in [9.17, 15) is 4.79 Å². The first-order valence-corrected chi connectivity index (χ1v) is 8.59. The van der Waals surface area contributed by atoms with E-state index in [2.05, 4.69) is 15.4 Å². The van der Waals surface area contributed by atoms with E-state index in [4.69, 9.17) is 4.42 Å². The number of nitrogens with one attached hydrogen (secondary N) is 1. The van der Waals surface area contributed by atoms with Crippen molar-refractivity contribution in [2.24, 2.45) is 0 Å². The average molecular weight is 339 g/mol. The van der Waals surface area contributed by atoms with Crippen LogP contribution in [0, 0.1) is 6.92 Å². The zero-order chi connectivity index (χ0) is 17.2. The largest absolute Gasteiger partial charge is 0.449 e. The Morgan fingerprint density at radius 2 is 2.16 bits per heavy atom. The van der Waals surface area contributed by atoms with E-state index in [1.165, 1.54) is 4.68 Å². The van der Waals surface area contributed by atoms with Crippen LogP contribution in [0.2, 0.25) is 0 Å². The first-order chi connectivity index (χ1) is 12.2. The molecule has 0 saturated carbocycles. The molecule has 1 N–H and O–H groups in total. The summed E-state index contributed by atoms with van der Waals surface area (Å²) in [5, 5.41) is 8.06. The second-order valence-electron chi connectivity index (χ2n) is 6.37. The van der Waals surface area contributed by atoms with Crippen LogP contribution in [0.5, 0.6) is 0 Å². The van der Waals surface area contributed by atoms with Crippen LogP contribution in [-0.2, 0) is 6.54 Å². The van der Waals surface area contributed by atoms with Crippen molar-refractivity contribution in [3.05, 3.63) is 64.5 Å². The lowest BCUT2D eigenvalue weighted by atomic mass is 9.99. The minimum Gasteiger partial charge on any atom is -0.449 e. The molecule has 1 aliphatic heterocycles. The second-order valence-corrected chi connectivity index (χ2v) is 6.37. The van der Waals surface area contributed by atoms with Gasteiger partial charge in [0.2, 0.25) is 0 Å². The normalized spacial score (nSPS) is 17.7. The molecule has 0 spiro atoms. The van der Waals surface area contributed by atoms with E-state index < -0.39 is 0 Å². The highest BCUT2D eigenvalue weighted by Crippen LogP contribution is 2.23. The van der Waals surface area contributed by atoms with Crippen LogP contribution in [0.4, 0.5) is 0 Å². The van der Waals surface area contributed by atoms with Gasteiger partial charge in [0.25, 0.3) is 0 Å². The van der Waals surface area contributed by atoms with Crippen LogP contribution in [-0.4, -0.2) is 32.4 Å². The molecular weight excluding hydrogens is 318 g/mol. The van der Waals surface area contributed by atoms with Crippen molar-refractivity contribution in [1.29, 1.82) is 0 Å². The molecule has 3 aromatic rings. The third kappa shape index (κ3) is 3.15. The van der Waals surface area contributed by atoms with Gasteiger partial charge in [-0.05, 0) is 31.5 Å². The third-order valence-electron chi connectivity index (χ3n) is 4.52. The summed E-state index contributed by atoms with van der Waals surface area (Å²) in [6.07, 6.45) is 3.69. The lowest BCUT2D eigenvalue weighted by Crippen LogP contribution is -2.31. The summed E-state index contributed by atoms with van der Waals surface area (Å²) < 4.78 is 8.45. The molecule has 1 aromatic carbocycles. The summed E-state index contributed by atoms with van der Waals surface area (Å²) in [6, 6.07) is 9.69. The molecule has 1 saturated heterocycles. The van der Waals surface area contributed by atoms with Crippen molar-refractivity contribution in [2.45, 2.75) is 32.2 Å². The molecule has 2 aromatic heterocycles. The monoisotopic (exact) mass is 339 g/mol. The number of piperidine rings is 1. The Hall–Kier alpha value is -2.67. The van der Waals surface area contributed by atoms with E-state index in [-0.39, 0.29) is 11.6 Å². The molecular formula is C18H21N5O2. The van der Waals surface area contributed by atoms with Gasteiger partial charge in [0.05, 0.1) is 12.2 Å². The number of hydrogen-bond acceptors (Lipinski definition) is 5. The second kappa shape index (κ2) is 6.68. The summed E-state index contributed by atoms with van der Waals surface area (Å²) in [6.45, 7) is 3.95. The standard InChI is InChI=1S/C18H21N5O2/c1-13-20-15(12-25-13)11-22-18(24)23(16-7-3-2-4-8-16)17(21-22)14-6-5-9-19-10-14/h2-4,7-8,12,14,19H,5-6,9-11H2,1H3. The van der Waals surface area contributed by atoms with Crippen molar-refractivity contribution in [3.8, 4) is 5.69 Å². The molecule has 0 radical (unpaired) electrons. The zero-order valence-corrected chi connectivity index (χ0v) is 14.2. The highest BCUT2D eigenvalue weighted by atomic mass is 16.3. The third-order valence-corrected chi connectivity index (χ3v) is 4.52. The zero-order valence-electron chi connectivity index (χ0n) is 14.2. The maximum Gasteiger partial charge on any atom is 0.350 e. The van der Waals surface area contributed by atoms with E-state index in [1.54, 1.807) is 17.8 Å². The minimum atomic E-state index is -0.146. The smallest absolute Gasteiger partial charge is 0.350 e. The summed E-state index contributed by atoms with van der Waals surface area (Å²) >= 11 is 0. The quantitative estimate of drug-likeness (QED) is 0.785. The molecule has 130 valence electrons. The average Bonchev–Trinajstić information content (AvgIpc) is 3.20. The van der Waals surface area contributed by atoms with Gasteiger partial charge in [-0.1, -0.05) is 18.2 Å². The highest BCUT2D eigenvalue weighted by Gasteiger charge is 2.25. The van der Waals surface area contributed by atoms with Crippen LogP contribution in [0.15, 0.2) is 45.8 Å². The molecule has 1 aliphatic rings. The summed E-state index contributed by atoms with van der Waals surface area (Å²) in [5.41, 5.74) is 1.40. The lowest BCUT2D eigenvalue weighted by molar-refractivity contribution is 0.439. The Morgan fingerprint density at radius 3 is 2.84 bits per heavy atom. The fourth-order valence-corrected chi connectivity index (χ4v) is 3.32. The minimum absolute atomic E-state index is 0.146. The predicted octanol–water partition coefficient (Wildman–Crippen LogP) is 1.85. The summed E-state index contributed by atoms with van der Waals surface area (Å²) in [4.78, 5) is 17.3. The maximum absolute atomic E-state index is 13.0. The van der Waals surface area contributed by atoms with Crippen molar-refractivity contribution < 1.29 is 4.42 Å². The molecule has 0 aliphatic carbocycles. The van der Waals surface area contributed by atoms with Gasteiger partial charge in [0, 0.05) is 19.4 Å². The Labute approximate surface area is 145 Å². The number of aromatic nitrogens is 4. The van der Waals surface area contributed by atoms with E-state index in [1.807, 2.05) is 30.3 Å². The molecule has 7 nitrogen and oxygen atoms in total. The summed E-state index contributed by atoms with van der Waals surface area (Å²) in [5.74, 6) is 1.62. The van der Waals surface area contributed by atoms with E-state index >= 15 is 0 Å². The predicted molar refractivity (Wildman–Crippen MR) is 93.0 cm³/mol. The van der Waals surface area contributed by atoms with Gasteiger partial charge in [-0.25, -0.2) is 19.0 Å². The fourth-order valence-electron chi connectivity index (χ4n) is 3.32. The van der Waals surface area contributed by atoms with Gasteiger partial charge in [-0.3, -0.25) is 0 Å². The van der Waals surface area contributed by atoms with Crippen molar-refractivity contribution >= 4 is 0 Å². The Morgan fingerprint density at radius 1 is 1.32 bits per heavy atom. The lowest BCUT2D eigenvalue weighted by Gasteiger charge is -2.22. The number of oxazole rings is 1. The number of aryl methyl sites for hydroxylation is 1. The molecule has 1 fully saturated rings. The van der Waals surface area contributed by atoms with Gasteiger partial charge < -0.3 is 9.73 Å². The molecule has 0 amide bonds.